The maximum atomic E-state index is 5.47. The van der Waals surface area contributed by atoms with E-state index in [1.165, 1.54) is 0 Å². The van der Waals surface area contributed by atoms with Crippen LogP contribution in [-0.4, -0.2) is 171 Å². The van der Waals surface area contributed by atoms with Gasteiger partial charge in [-0.1, -0.05) is 5.92 Å². The molecule has 0 aromatic heterocycles. The normalized spacial score (nSPS) is 11.5. The van der Waals surface area contributed by atoms with E-state index in [1.807, 2.05) is 13.8 Å². The van der Waals surface area contributed by atoms with Crippen LogP contribution < -0.4 is 0 Å². The van der Waals surface area contributed by atoms with Gasteiger partial charge in [-0.25, -0.2) is 0 Å². The molecule has 13 nitrogen and oxygen atoms in total. The molecule has 0 N–H and O–H groups in total. The highest BCUT2D eigenvalue weighted by Gasteiger charge is 1.97. The summed E-state index contributed by atoms with van der Waals surface area (Å²) in [5, 5.41) is 0. The van der Waals surface area contributed by atoms with Crippen molar-refractivity contribution in [1.29, 1.82) is 0 Å². The summed E-state index contributed by atoms with van der Waals surface area (Å²) < 4.78 is 70.3. The van der Waals surface area contributed by atoms with Crippen LogP contribution in [0.1, 0.15) is 13.8 Å². The fourth-order valence-electron chi connectivity index (χ4n) is 2.89. The number of terminal acetylenes is 1. The van der Waals surface area contributed by atoms with E-state index in [4.69, 9.17) is 68.0 Å². The van der Waals surface area contributed by atoms with Crippen molar-refractivity contribution in [2.24, 2.45) is 0 Å². The van der Waals surface area contributed by atoms with Crippen molar-refractivity contribution >= 4 is 0 Å². The van der Waals surface area contributed by atoms with Gasteiger partial charge in [-0.05, 0) is 13.8 Å². The van der Waals surface area contributed by atoms with Gasteiger partial charge in [0.1, 0.15) is 6.61 Å². The second kappa shape index (κ2) is 39.1. The van der Waals surface area contributed by atoms with E-state index in [0.717, 1.165) is 0 Å². The summed E-state index contributed by atoms with van der Waals surface area (Å²) in [7, 11) is 0. The Morgan fingerprint density at radius 1 is 0.326 bits per heavy atom. The van der Waals surface area contributed by atoms with Gasteiger partial charge in [-0.2, -0.15) is 0 Å². The highest BCUT2D eigenvalue weighted by atomic mass is 16.6. The molecule has 0 saturated heterocycles. The molecule has 0 atom stereocenters. The van der Waals surface area contributed by atoms with Crippen molar-refractivity contribution in [3.63, 3.8) is 0 Å². The van der Waals surface area contributed by atoms with Gasteiger partial charge in [-0.3, -0.25) is 0 Å². The highest BCUT2D eigenvalue weighted by Crippen LogP contribution is 1.89. The fourth-order valence-corrected chi connectivity index (χ4v) is 2.89. The van der Waals surface area contributed by atoms with Crippen LogP contribution in [0, 0.1) is 12.3 Å². The predicted octanol–water partition coefficient (Wildman–Crippen LogP) is 1.24. The van der Waals surface area contributed by atoms with Crippen molar-refractivity contribution in [3.05, 3.63) is 0 Å². The Labute approximate surface area is 259 Å². The minimum atomic E-state index is 0.230. The van der Waals surface area contributed by atoms with Crippen molar-refractivity contribution in [2.75, 3.05) is 165 Å². The zero-order valence-electron chi connectivity index (χ0n) is 26.6. The summed E-state index contributed by atoms with van der Waals surface area (Å²) >= 11 is 0. The van der Waals surface area contributed by atoms with Crippen molar-refractivity contribution in [2.45, 2.75) is 20.0 Å². The molecule has 0 heterocycles. The molecule has 0 rings (SSSR count). The quantitative estimate of drug-likeness (QED) is 0.0723. The zero-order valence-corrected chi connectivity index (χ0v) is 26.6. The topological polar surface area (TPSA) is 120 Å². The van der Waals surface area contributed by atoms with Gasteiger partial charge in [0.2, 0.25) is 0 Å². The van der Waals surface area contributed by atoms with E-state index in [-0.39, 0.29) is 6.10 Å². The molecule has 0 aliphatic rings. The smallest absolute Gasteiger partial charge is 0.107 e. The van der Waals surface area contributed by atoms with Gasteiger partial charge in [0, 0.05) is 0 Å². The van der Waals surface area contributed by atoms with Crippen LogP contribution in [0.4, 0.5) is 0 Å². The fraction of sp³-hybridized carbons (Fsp3) is 0.933. The van der Waals surface area contributed by atoms with Crippen LogP contribution in [0.2, 0.25) is 0 Å². The summed E-state index contributed by atoms with van der Waals surface area (Å²) in [4.78, 5) is 0. The first-order chi connectivity index (χ1) is 21.3. The molecule has 0 amide bonds. The van der Waals surface area contributed by atoms with E-state index in [9.17, 15) is 0 Å². The van der Waals surface area contributed by atoms with Gasteiger partial charge in [-0.15, -0.1) is 6.42 Å². The summed E-state index contributed by atoms with van der Waals surface area (Å²) in [6, 6.07) is 0. The minimum Gasteiger partial charge on any atom is -0.377 e. The molecule has 0 spiro atoms. The van der Waals surface area contributed by atoms with E-state index in [2.05, 4.69) is 5.92 Å². The first-order valence-corrected chi connectivity index (χ1v) is 15.2. The Bertz CT molecular complexity index is 549. The maximum Gasteiger partial charge on any atom is 0.107 e. The second-order valence-electron chi connectivity index (χ2n) is 8.91. The third-order valence-corrected chi connectivity index (χ3v) is 4.96. The first-order valence-electron chi connectivity index (χ1n) is 15.2. The Hall–Kier alpha value is -0.960. The van der Waals surface area contributed by atoms with Gasteiger partial charge in [0.15, 0.2) is 0 Å². The van der Waals surface area contributed by atoms with Gasteiger partial charge in [0.05, 0.1) is 165 Å². The number of hydrogen-bond donors (Lipinski definition) is 0. The van der Waals surface area contributed by atoms with Crippen LogP contribution in [0.5, 0.6) is 0 Å². The third kappa shape index (κ3) is 41.0. The Kier molecular flexibility index (Phi) is 38.2. The molecular formula is C30H58O13. The number of rotatable bonds is 38. The molecule has 0 aromatic rings. The average molecular weight is 627 g/mol. The lowest BCUT2D eigenvalue weighted by molar-refractivity contribution is -0.0296. The van der Waals surface area contributed by atoms with E-state index in [1.54, 1.807) is 0 Å². The summed E-state index contributed by atoms with van der Waals surface area (Å²) in [6.45, 7) is 16.9. The Morgan fingerprint density at radius 3 is 0.698 bits per heavy atom. The Balaban J connectivity index is 3.04. The molecule has 43 heavy (non-hydrogen) atoms. The maximum absolute atomic E-state index is 5.47. The lowest BCUT2D eigenvalue weighted by atomic mass is 10.5. The summed E-state index contributed by atoms with van der Waals surface area (Å²) in [5.41, 5.74) is 0. The van der Waals surface area contributed by atoms with Crippen LogP contribution in [0.3, 0.4) is 0 Å². The van der Waals surface area contributed by atoms with Gasteiger partial charge >= 0.3 is 0 Å². The molecule has 0 fully saturated rings. The third-order valence-electron chi connectivity index (χ3n) is 4.96. The van der Waals surface area contributed by atoms with Crippen molar-refractivity contribution in [3.8, 4) is 12.3 Å². The zero-order chi connectivity index (χ0) is 31.2. The molecule has 13 heteroatoms. The molecule has 0 bridgehead atoms. The first kappa shape index (κ1) is 42.0. The number of hydrogen-bond acceptors (Lipinski definition) is 13. The van der Waals surface area contributed by atoms with Gasteiger partial charge in [0.25, 0.3) is 0 Å². The number of ether oxygens (including phenoxy) is 13. The SMILES string of the molecule is C#CCOCCOCCOCCOCCOCCOCCOCCOCCOCCOCCOCCOCCOC(C)C. The van der Waals surface area contributed by atoms with Crippen LogP contribution in [0.15, 0.2) is 0 Å². The summed E-state index contributed by atoms with van der Waals surface area (Å²) in [6.07, 6.45) is 5.31. The molecule has 0 aliphatic heterocycles. The second-order valence-corrected chi connectivity index (χ2v) is 8.91. The lowest BCUT2D eigenvalue weighted by Gasteiger charge is -2.09. The molecule has 0 saturated carbocycles. The van der Waals surface area contributed by atoms with Crippen LogP contribution >= 0.6 is 0 Å². The largest absolute Gasteiger partial charge is 0.377 e. The van der Waals surface area contributed by atoms with Crippen LogP contribution in [-0.2, 0) is 61.6 Å². The van der Waals surface area contributed by atoms with Gasteiger partial charge < -0.3 is 61.6 Å². The molecular weight excluding hydrogens is 568 g/mol. The Morgan fingerprint density at radius 2 is 0.512 bits per heavy atom. The van der Waals surface area contributed by atoms with E-state index < -0.39 is 0 Å². The van der Waals surface area contributed by atoms with E-state index in [0.29, 0.717) is 165 Å². The molecule has 0 radical (unpaired) electrons. The standard InChI is InChI=1S/C30H58O13/c1-4-5-31-6-7-32-8-9-33-10-11-34-12-13-35-14-15-36-16-17-37-18-19-38-20-21-39-22-23-40-24-25-41-26-27-42-28-29-43-30(2)3/h1,30H,5-29H2,2-3H3. The van der Waals surface area contributed by atoms with Crippen LogP contribution in [0.25, 0.3) is 0 Å². The van der Waals surface area contributed by atoms with Crippen molar-refractivity contribution in [1.82, 2.24) is 0 Å². The highest BCUT2D eigenvalue weighted by molar-refractivity contribution is 4.82. The molecule has 0 unspecified atom stereocenters. The summed E-state index contributed by atoms with van der Waals surface area (Å²) in [5.74, 6) is 2.40. The monoisotopic (exact) mass is 626 g/mol. The minimum absolute atomic E-state index is 0.230. The molecule has 0 aliphatic carbocycles. The average Bonchev–Trinajstić information content (AvgIpc) is 3.00. The van der Waals surface area contributed by atoms with Crippen molar-refractivity contribution < 1.29 is 61.6 Å². The predicted molar refractivity (Wildman–Crippen MR) is 160 cm³/mol. The molecule has 256 valence electrons. The molecule has 0 aromatic carbocycles. The lowest BCUT2D eigenvalue weighted by Crippen LogP contribution is -2.15. The van der Waals surface area contributed by atoms with E-state index >= 15 is 0 Å².